The first-order valence-corrected chi connectivity index (χ1v) is 7.88. The molecule has 3 rings (SSSR count). The minimum Gasteiger partial charge on any atom is -0.322 e. The molecular formula is C18H14FN5O3. The minimum atomic E-state index is -0.969. The number of halogens is 1. The number of nitrogens with one attached hydrogen (secondary N) is 1. The van der Waals surface area contributed by atoms with E-state index in [0.717, 1.165) is 17.7 Å². The highest BCUT2D eigenvalue weighted by atomic mass is 19.1. The molecule has 9 heteroatoms. The van der Waals surface area contributed by atoms with Crippen molar-refractivity contribution < 1.29 is 14.1 Å². The molecule has 0 saturated heterocycles. The number of nitro groups is 1. The SMILES string of the molecule is O=C(/C=C/c1cn(Cc2ccccc2)nn1)Nc1ccc(F)c([N+](=O)[O-])c1. The summed E-state index contributed by atoms with van der Waals surface area (Å²) in [4.78, 5) is 21.8. The van der Waals surface area contributed by atoms with Crippen LogP contribution in [0.1, 0.15) is 11.3 Å². The highest BCUT2D eigenvalue weighted by Gasteiger charge is 2.14. The van der Waals surface area contributed by atoms with Gasteiger partial charge in [-0.25, -0.2) is 4.68 Å². The third kappa shape index (κ3) is 4.82. The van der Waals surface area contributed by atoms with E-state index in [1.54, 1.807) is 10.9 Å². The third-order valence-electron chi connectivity index (χ3n) is 3.56. The largest absolute Gasteiger partial charge is 0.322 e. The Morgan fingerprint density at radius 1 is 1.26 bits per heavy atom. The Morgan fingerprint density at radius 3 is 2.78 bits per heavy atom. The fraction of sp³-hybridized carbons (Fsp3) is 0.0556. The van der Waals surface area contributed by atoms with Crippen LogP contribution < -0.4 is 5.32 Å². The summed E-state index contributed by atoms with van der Waals surface area (Å²) in [6.07, 6.45) is 4.35. The smallest absolute Gasteiger partial charge is 0.306 e. The first-order chi connectivity index (χ1) is 13.0. The average Bonchev–Trinajstić information content (AvgIpc) is 3.09. The second kappa shape index (κ2) is 8.00. The van der Waals surface area contributed by atoms with Crippen LogP contribution in [-0.2, 0) is 11.3 Å². The van der Waals surface area contributed by atoms with Gasteiger partial charge in [0.05, 0.1) is 17.7 Å². The van der Waals surface area contributed by atoms with Gasteiger partial charge in [0, 0.05) is 17.8 Å². The zero-order valence-corrected chi connectivity index (χ0v) is 13.9. The molecule has 0 bridgehead atoms. The first-order valence-electron chi connectivity index (χ1n) is 7.88. The molecular weight excluding hydrogens is 353 g/mol. The summed E-state index contributed by atoms with van der Waals surface area (Å²) >= 11 is 0. The van der Waals surface area contributed by atoms with Gasteiger partial charge in [0.15, 0.2) is 0 Å². The Hall–Kier alpha value is -3.88. The average molecular weight is 367 g/mol. The maximum Gasteiger partial charge on any atom is 0.306 e. The molecule has 0 spiro atoms. The van der Waals surface area contributed by atoms with Crippen LogP contribution in [0, 0.1) is 15.9 Å². The van der Waals surface area contributed by atoms with E-state index in [9.17, 15) is 19.3 Å². The molecule has 0 radical (unpaired) electrons. The summed E-state index contributed by atoms with van der Waals surface area (Å²) in [6, 6.07) is 12.8. The van der Waals surface area contributed by atoms with E-state index in [4.69, 9.17) is 0 Å². The summed E-state index contributed by atoms with van der Waals surface area (Å²) in [5, 5.41) is 21.1. The van der Waals surface area contributed by atoms with E-state index in [-0.39, 0.29) is 5.69 Å². The van der Waals surface area contributed by atoms with Crippen molar-refractivity contribution in [1.82, 2.24) is 15.0 Å². The van der Waals surface area contributed by atoms with Gasteiger partial charge < -0.3 is 5.32 Å². The monoisotopic (exact) mass is 367 g/mol. The molecule has 0 aliphatic heterocycles. The zero-order chi connectivity index (χ0) is 19.2. The summed E-state index contributed by atoms with van der Waals surface area (Å²) in [6.45, 7) is 0.549. The molecule has 1 aromatic heterocycles. The van der Waals surface area contributed by atoms with Gasteiger partial charge in [-0.2, -0.15) is 4.39 Å². The van der Waals surface area contributed by atoms with Crippen LogP contribution in [-0.4, -0.2) is 25.8 Å². The second-order valence-electron chi connectivity index (χ2n) is 5.57. The number of nitrogens with zero attached hydrogens (tertiary/aromatic N) is 4. The summed E-state index contributed by atoms with van der Waals surface area (Å²) in [5.41, 5.74) is 0.950. The molecule has 0 aliphatic carbocycles. The highest BCUT2D eigenvalue weighted by molar-refractivity contribution is 6.01. The standard InChI is InChI=1S/C18H14FN5O3/c19-16-8-6-14(10-17(16)24(26)27)20-18(25)9-7-15-12-23(22-21-15)11-13-4-2-1-3-5-13/h1-10,12H,11H2,(H,20,25)/b9-7+. The van der Waals surface area contributed by atoms with Crippen LogP contribution in [0.2, 0.25) is 0 Å². The van der Waals surface area contributed by atoms with E-state index in [2.05, 4.69) is 15.6 Å². The lowest BCUT2D eigenvalue weighted by Gasteiger charge is -2.02. The number of aromatic nitrogens is 3. The normalized spacial score (nSPS) is 10.9. The van der Waals surface area contributed by atoms with Crippen molar-refractivity contribution in [2.45, 2.75) is 6.54 Å². The first kappa shape index (κ1) is 17.9. The molecule has 0 unspecified atom stereocenters. The molecule has 3 aromatic rings. The van der Waals surface area contributed by atoms with Crippen molar-refractivity contribution in [3.8, 4) is 0 Å². The van der Waals surface area contributed by atoms with Crippen molar-refractivity contribution in [2.24, 2.45) is 0 Å². The molecule has 136 valence electrons. The maximum atomic E-state index is 13.3. The third-order valence-corrected chi connectivity index (χ3v) is 3.56. The van der Waals surface area contributed by atoms with E-state index in [1.807, 2.05) is 30.3 Å². The zero-order valence-electron chi connectivity index (χ0n) is 13.9. The predicted octanol–water partition coefficient (Wildman–Crippen LogP) is 3.03. The van der Waals surface area contributed by atoms with E-state index >= 15 is 0 Å². The fourth-order valence-corrected chi connectivity index (χ4v) is 2.31. The van der Waals surface area contributed by atoms with Crippen molar-refractivity contribution in [3.05, 3.63) is 88.0 Å². The number of carbonyl (C=O) groups is 1. The molecule has 0 saturated carbocycles. The van der Waals surface area contributed by atoms with Crippen LogP contribution >= 0.6 is 0 Å². The summed E-state index contributed by atoms with van der Waals surface area (Å²) in [7, 11) is 0. The Labute approximate surface area is 153 Å². The van der Waals surface area contributed by atoms with Gasteiger partial charge in [-0.15, -0.1) is 5.10 Å². The number of benzene rings is 2. The summed E-state index contributed by atoms with van der Waals surface area (Å²) in [5.74, 6) is -1.50. The van der Waals surface area contributed by atoms with E-state index in [1.165, 1.54) is 18.2 Å². The molecule has 2 aromatic carbocycles. The molecule has 8 nitrogen and oxygen atoms in total. The van der Waals surface area contributed by atoms with Crippen LogP contribution in [0.15, 0.2) is 60.8 Å². The molecule has 1 N–H and O–H groups in total. The number of rotatable bonds is 6. The fourth-order valence-electron chi connectivity index (χ4n) is 2.31. The number of carbonyl (C=O) groups excluding carboxylic acids is 1. The van der Waals surface area contributed by atoms with Crippen LogP contribution in [0.4, 0.5) is 15.8 Å². The lowest BCUT2D eigenvalue weighted by Crippen LogP contribution is -2.08. The Kier molecular flexibility index (Phi) is 5.31. The predicted molar refractivity (Wildman–Crippen MR) is 96.3 cm³/mol. The Balaban J connectivity index is 1.62. The molecule has 0 fully saturated rings. The van der Waals surface area contributed by atoms with Gasteiger partial charge >= 0.3 is 5.69 Å². The van der Waals surface area contributed by atoms with Crippen LogP contribution in [0.3, 0.4) is 0 Å². The van der Waals surface area contributed by atoms with Crippen LogP contribution in [0.25, 0.3) is 6.08 Å². The summed E-state index contributed by atoms with van der Waals surface area (Å²) < 4.78 is 14.9. The highest BCUT2D eigenvalue weighted by Crippen LogP contribution is 2.21. The Bertz CT molecular complexity index is 1000. The number of anilines is 1. The van der Waals surface area contributed by atoms with Gasteiger partial charge in [-0.3, -0.25) is 14.9 Å². The number of amides is 1. The number of nitro benzene ring substituents is 1. The van der Waals surface area contributed by atoms with E-state index < -0.39 is 22.3 Å². The molecule has 0 atom stereocenters. The lowest BCUT2D eigenvalue weighted by molar-refractivity contribution is -0.387. The van der Waals surface area contributed by atoms with Gasteiger partial charge in [0.25, 0.3) is 0 Å². The molecule has 0 aliphatic rings. The molecule has 27 heavy (non-hydrogen) atoms. The number of hydrogen-bond donors (Lipinski definition) is 1. The van der Waals surface area contributed by atoms with Gasteiger partial charge in [-0.1, -0.05) is 35.5 Å². The molecule has 1 heterocycles. The lowest BCUT2D eigenvalue weighted by atomic mass is 10.2. The molecule has 1 amide bonds. The second-order valence-corrected chi connectivity index (χ2v) is 5.57. The quantitative estimate of drug-likeness (QED) is 0.410. The van der Waals surface area contributed by atoms with Gasteiger partial charge in [0.1, 0.15) is 5.69 Å². The van der Waals surface area contributed by atoms with Crippen molar-refractivity contribution in [3.63, 3.8) is 0 Å². The van der Waals surface area contributed by atoms with Crippen molar-refractivity contribution in [2.75, 3.05) is 5.32 Å². The van der Waals surface area contributed by atoms with Crippen molar-refractivity contribution >= 4 is 23.4 Å². The number of hydrogen-bond acceptors (Lipinski definition) is 5. The van der Waals surface area contributed by atoms with Crippen molar-refractivity contribution in [1.29, 1.82) is 0 Å². The van der Waals surface area contributed by atoms with E-state index in [0.29, 0.717) is 12.2 Å². The topological polar surface area (TPSA) is 103 Å². The van der Waals surface area contributed by atoms with Gasteiger partial charge in [0.2, 0.25) is 11.7 Å². The minimum absolute atomic E-state index is 0.116. The van der Waals surface area contributed by atoms with Crippen LogP contribution in [0.5, 0.6) is 0 Å². The maximum absolute atomic E-state index is 13.3. The van der Waals surface area contributed by atoms with Gasteiger partial charge in [-0.05, 0) is 23.8 Å². The Morgan fingerprint density at radius 2 is 2.04 bits per heavy atom.